The van der Waals surface area contributed by atoms with E-state index < -0.39 is 17.9 Å². The number of fused-ring (bicyclic) bond motifs is 2. The fourth-order valence-corrected chi connectivity index (χ4v) is 3.51. The van der Waals surface area contributed by atoms with Crippen molar-refractivity contribution in [1.82, 2.24) is 19.7 Å². The minimum Gasteiger partial charge on any atom is -0.480 e. The Morgan fingerprint density at radius 3 is 2.89 bits per heavy atom. The molecule has 0 aliphatic carbocycles. The first-order valence-corrected chi connectivity index (χ1v) is 9.04. The molecule has 3 N–H and O–H groups in total. The van der Waals surface area contributed by atoms with Crippen molar-refractivity contribution in [1.29, 1.82) is 0 Å². The number of nitrogens with one attached hydrogen (secondary N) is 2. The van der Waals surface area contributed by atoms with Gasteiger partial charge >= 0.3 is 5.97 Å². The molecule has 8 heteroatoms. The number of nitrogens with zero attached hydrogens (tertiary/aromatic N) is 2. The number of halogens is 1. The summed E-state index contributed by atoms with van der Waals surface area (Å²) < 4.78 is 1.60. The zero-order valence-electron chi connectivity index (χ0n) is 14.9. The van der Waals surface area contributed by atoms with Crippen LogP contribution >= 0.6 is 11.6 Å². The Morgan fingerprint density at radius 1 is 1.32 bits per heavy atom. The number of hydrogen-bond donors (Lipinski definition) is 3. The molecule has 4 rings (SSSR count). The number of aryl methyl sites for hydroxylation is 1. The summed E-state index contributed by atoms with van der Waals surface area (Å²) >= 11 is 5.98. The highest BCUT2D eigenvalue weighted by Gasteiger charge is 2.25. The molecule has 0 aliphatic rings. The van der Waals surface area contributed by atoms with Gasteiger partial charge in [0, 0.05) is 40.8 Å². The van der Waals surface area contributed by atoms with Crippen LogP contribution in [0.5, 0.6) is 0 Å². The van der Waals surface area contributed by atoms with E-state index in [2.05, 4.69) is 15.3 Å². The van der Waals surface area contributed by atoms with Crippen LogP contribution in [0.3, 0.4) is 0 Å². The minimum absolute atomic E-state index is 0.159. The van der Waals surface area contributed by atoms with Gasteiger partial charge in [-0.2, -0.15) is 0 Å². The summed E-state index contributed by atoms with van der Waals surface area (Å²) in [4.78, 5) is 32.1. The monoisotopic (exact) mass is 396 g/mol. The molecule has 1 amide bonds. The molecule has 0 saturated carbocycles. The van der Waals surface area contributed by atoms with Gasteiger partial charge in [0.2, 0.25) is 0 Å². The number of para-hydroxylation sites is 1. The molecule has 3 aromatic heterocycles. The Balaban J connectivity index is 1.63. The molecule has 142 valence electrons. The number of rotatable bonds is 5. The van der Waals surface area contributed by atoms with E-state index in [0.717, 1.165) is 16.5 Å². The van der Waals surface area contributed by atoms with Crippen LogP contribution in [0.1, 0.15) is 21.7 Å². The zero-order valence-corrected chi connectivity index (χ0v) is 15.7. The average Bonchev–Trinajstić information content (AvgIpc) is 3.20. The highest BCUT2D eigenvalue weighted by molar-refractivity contribution is 6.30. The molecule has 1 atom stereocenters. The van der Waals surface area contributed by atoms with Crippen molar-refractivity contribution < 1.29 is 14.7 Å². The van der Waals surface area contributed by atoms with Gasteiger partial charge in [0.05, 0.1) is 5.69 Å². The lowest BCUT2D eigenvalue weighted by Gasteiger charge is -2.14. The van der Waals surface area contributed by atoms with E-state index in [4.69, 9.17) is 11.6 Å². The number of amides is 1. The van der Waals surface area contributed by atoms with Crippen LogP contribution in [0, 0.1) is 6.92 Å². The predicted octanol–water partition coefficient (Wildman–Crippen LogP) is 3.20. The molecule has 1 aromatic carbocycles. The van der Waals surface area contributed by atoms with Crippen LogP contribution in [-0.2, 0) is 11.2 Å². The summed E-state index contributed by atoms with van der Waals surface area (Å²) in [6.07, 6.45) is 3.57. The largest absolute Gasteiger partial charge is 0.480 e. The summed E-state index contributed by atoms with van der Waals surface area (Å²) in [5.41, 5.74) is 3.05. The lowest BCUT2D eigenvalue weighted by atomic mass is 10.0. The van der Waals surface area contributed by atoms with Crippen molar-refractivity contribution in [2.45, 2.75) is 19.4 Å². The van der Waals surface area contributed by atoms with E-state index in [1.165, 1.54) is 0 Å². The molecule has 1 unspecified atom stereocenters. The number of carboxylic acid groups (broad SMARTS) is 1. The standard InChI is InChI=1S/C20H17ClN4O3/c1-11-18(25-7-6-13(21)9-17(25)23-11)19(26)24-16(20(27)28)8-12-10-22-15-5-3-2-4-14(12)15/h2-7,9-10,16,22H,8H2,1H3,(H,24,26)(H,27,28). The van der Waals surface area contributed by atoms with Gasteiger partial charge < -0.3 is 15.4 Å². The summed E-state index contributed by atoms with van der Waals surface area (Å²) in [5.74, 6) is -1.60. The third-order valence-corrected chi connectivity index (χ3v) is 4.92. The Labute approximate surface area is 165 Å². The summed E-state index contributed by atoms with van der Waals surface area (Å²) in [6.45, 7) is 1.70. The first kappa shape index (κ1) is 18.1. The van der Waals surface area contributed by atoms with Gasteiger partial charge in [-0.05, 0) is 24.6 Å². The van der Waals surface area contributed by atoms with E-state index >= 15 is 0 Å². The number of aromatic amines is 1. The third-order valence-electron chi connectivity index (χ3n) is 4.68. The van der Waals surface area contributed by atoms with Crippen LogP contribution in [0.15, 0.2) is 48.8 Å². The summed E-state index contributed by atoms with van der Waals surface area (Å²) in [6, 6.07) is 9.84. The fourth-order valence-electron chi connectivity index (χ4n) is 3.36. The summed E-state index contributed by atoms with van der Waals surface area (Å²) in [7, 11) is 0. The fraction of sp³-hybridized carbons (Fsp3) is 0.150. The van der Waals surface area contributed by atoms with Crippen molar-refractivity contribution >= 4 is 40.0 Å². The Kier molecular flexibility index (Phi) is 4.52. The highest BCUT2D eigenvalue weighted by atomic mass is 35.5. The van der Waals surface area contributed by atoms with Crippen LogP contribution in [0.2, 0.25) is 5.02 Å². The van der Waals surface area contributed by atoms with Gasteiger partial charge in [0.1, 0.15) is 17.4 Å². The van der Waals surface area contributed by atoms with Crippen molar-refractivity contribution in [3.05, 3.63) is 70.8 Å². The Morgan fingerprint density at radius 2 is 2.11 bits per heavy atom. The van der Waals surface area contributed by atoms with Crippen LogP contribution in [0.25, 0.3) is 16.6 Å². The number of imidazole rings is 1. The molecule has 28 heavy (non-hydrogen) atoms. The molecule has 0 saturated heterocycles. The van der Waals surface area contributed by atoms with Crippen molar-refractivity contribution in [3.63, 3.8) is 0 Å². The van der Waals surface area contributed by atoms with E-state index in [1.54, 1.807) is 35.9 Å². The second kappa shape index (κ2) is 7.01. The van der Waals surface area contributed by atoms with Crippen LogP contribution < -0.4 is 5.32 Å². The Bertz CT molecular complexity index is 1210. The maximum Gasteiger partial charge on any atom is 0.326 e. The number of aliphatic carboxylic acids is 1. The molecule has 3 heterocycles. The van der Waals surface area contributed by atoms with Crippen molar-refractivity contribution in [2.75, 3.05) is 0 Å². The van der Waals surface area contributed by atoms with E-state index in [1.807, 2.05) is 24.3 Å². The molecular weight excluding hydrogens is 380 g/mol. The maximum atomic E-state index is 12.9. The number of pyridine rings is 1. The van der Waals surface area contributed by atoms with Gasteiger partial charge in [-0.25, -0.2) is 9.78 Å². The molecular formula is C20H17ClN4O3. The van der Waals surface area contributed by atoms with Gasteiger partial charge in [-0.15, -0.1) is 0 Å². The summed E-state index contributed by atoms with van der Waals surface area (Å²) in [5, 5.41) is 13.7. The van der Waals surface area contributed by atoms with Gasteiger partial charge in [-0.1, -0.05) is 29.8 Å². The lowest BCUT2D eigenvalue weighted by Crippen LogP contribution is -2.42. The number of aromatic nitrogens is 3. The highest BCUT2D eigenvalue weighted by Crippen LogP contribution is 2.20. The lowest BCUT2D eigenvalue weighted by molar-refractivity contribution is -0.139. The normalized spacial score (nSPS) is 12.4. The predicted molar refractivity (Wildman–Crippen MR) is 106 cm³/mol. The minimum atomic E-state index is -1.10. The number of carbonyl (C=O) groups excluding carboxylic acids is 1. The molecule has 4 aromatic rings. The number of benzene rings is 1. The maximum absolute atomic E-state index is 12.9. The molecule has 0 aliphatic heterocycles. The first-order chi connectivity index (χ1) is 13.4. The molecule has 0 fully saturated rings. The Hall–Kier alpha value is -3.32. The van der Waals surface area contributed by atoms with Crippen LogP contribution in [-0.4, -0.2) is 37.4 Å². The zero-order chi connectivity index (χ0) is 19.8. The van der Waals surface area contributed by atoms with Gasteiger partial charge in [0.15, 0.2) is 0 Å². The van der Waals surface area contributed by atoms with Crippen molar-refractivity contribution in [3.8, 4) is 0 Å². The van der Waals surface area contributed by atoms with Crippen molar-refractivity contribution in [2.24, 2.45) is 0 Å². The van der Waals surface area contributed by atoms with E-state index in [9.17, 15) is 14.7 Å². The second-order valence-corrected chi connectivity index (χ2v) is 6.98. The van der Waals surface area contributed by atoms with E-state index in [0.29, 0.717) is 16.4 Å². The molecule has 0 radical (unpaired) electrons. The average molecular weight is 397 g/mol. The quantitative estimate of drug-likeness (QED) is 0.482. The SMILES string of the molecule is Cc1nc2cc(Cl)ccn2c1C(=O)NC(Cc1c[nH]c2ccccc12)C(=O)O. The number of carbonyl (C=O) groups is 2. The topological polar surface area (TPSA) is 99.5 Å². The van der Waals surface area contributed by atoms with Gasteiger partial charge in [-0.3, -0.25) is 9.20 Å². The van der Waals surface area contributed by atoms with Crippen LogP contribution in [0.4, 0.5) is 0 Å². The number of hydrogen-bond acceptors (Lipinski definition) is 3. The second-order valence-electron chi connectivity index (χ2n) is 6.55. The third kappa shape index (κ3) is 3.20. The first-order valence-electron chi connectivity index (χ1n) is 8.67. The number of carboxylic acids is 1. The molecule has 0 bridgehead atoms. The molecule has 0 spiro atoms. The smallest absolute Gasteiger partial charge is 0.326 e. The molecule has 7 nitrogen and oxygen atoms in total. The van der Waals surface area contributed by atoms with E-state index in [-0.39, 0.29) is 12.1 Å². The number of H-pyrrole nitrogens is 1. The van der Waals surface area contributed by atoms with Gasteiger partial charge in [0.25, 0.3) is 5.91 Å².